The van der Waals surface area contributed by atoms with E-state index >= 15 is 0 Å². The molecule has 3 unspecified atom stereocenters. The molecule has 0 fully saturated rings. The standard InChI is InChI=1S/C15H27N5O8/c16-4-2-1-3-9(15(27)28)19-11(22)6-18-14(26)10(7-21)20-13(25)8(17)5-12(23)24/h8-10,21H,1-7,16-17H2,(H,18,26)(H,19,22)(H,20,25)(H,23,24)(H,27,28). The number of hydrogen-bond donors (Lipinski definition) is 8. The van der Waals surface area contributed by atoms with E-state index in [4.69, 9.17) is 21.7 Å². The SMILES string of the molecule is NCCCCC(NC(=O)CNC(=O)C(CO)NC(=O)C(N)CC(=O)O)C(=O)O. The molecule has 0 spiro atoms. The number of amides is 3. The second-order valence-electron chi connectivity index (χ2n) is 5.91. The minimum absolute atomic E-state index is 0.170. The predicted molar refractivity (Wildman–Crippen MR) is 94.7 cm³/mol. The van der Waals surface area contributed by atoms with Crippen LogP contribution in [-0.4, -0.2) is 82.8 Å². The van der Waals surface area contributed by atoms with Crippen LogP contribution in [-0.2, 0) is 24.0 Å². The Balaban J connectivity index is 4.53. The third-order valence-electron chi connectivity index (χ3n) is 3.55. The number of unbranched alkanes of at least 4 members (excludes halogenated alkanes) is 1. The molecular formula is C15H27N5O8. The minimum atomic E-state index is -1.46. The van der Waals surface area contributed by atoms with Crippen molar-refractivity contribution in [2.45, 2.75) is 43.8 Å². The highest BCUT2D eigenvalue weighted by Gasteiger charge is 2.25. The Morgan fingerprint density at radius 1 is 0.929 bits per heavy atom. The monoisotopic (exact) mass is 405 g/mol. The maximum atomic E-state index is 11.9. The van der Waals surface area contributed by atoms with E-state index in [-0.39, 0.29) is 6.42 Å². The molecule has 0 bridgehead atoms. The van der Waals surface area contributed by atoms with Crippen LogP contribution in [0.2, 0.25) is 0 Å². The summed E-state index contributed by atoms with van der Waals surface area (Å²) in [7, 11) is 0. The molecule has 0 saturated heterocycles. The lowest BCUT2D eigenvalue weighted by molar-refractivity contribution is -0.142. The first kappa shape index (κ1) is 25.2. The molecule has 0 heterocycles. The summed E-state index contributed by atoms with van der Waals surface area (Å²) in [6.07, 6.45) is 0.589. The summed E-state index contributed by atoms with van der Waals surface area (Å²) in [6.45, 7) is -1.02. The van der Waals surface area contributed by atoms with Gasteiger partial charge in [-0.3, -0.25) is 19.2 Å². The minimum Gasteiger partial charge on any atom is -0.481 e. The van der Waals surface area contributed by atoms with E-state index in [0.717, 1.165) is 0 Å². The molecule has 0 aromatic heterocycles. The molecule has 0 aliphatic rings. The first-order chi connectivity index (χ1) is 13.1. The highest BCUT2D eigenvalue weighted by atomic mass is 16.4. The number of carboxylic acid groups (broad SMARTS) is 2. The summed E-state index contributed by atoms with van der Waals surface area (Å²) >= 11 is 0. The van der Waals surface area contributed by atoms with E-state index in [0.29, 0.717) is 19.4 Å². The third-order valence-corrected chi connectivity index (χ3v) is 3.55. The van der Waals surface area contributed by atoms with Crippen molar-refractivity contribution in [1.82, 2.24) is 16.0 Å². The largest absolute Gasteiger partial charge is 0.481 e. The molecule has 0 aliphatic heterocycles. The van der Waals surface area contributed by atoms with Gasteiger partial charge in [0.25, 0.3) is 0 Å². The van der Waals surface area contributed by atoms with Crippen molar-refractivity contribution in [3.05, 3.63) is 0 Å². The van der Waals surface area contributed by atoms with Crippen LogP contribution in [0.5, 0.6) is 0 Å². The van der Waals surface area contributed by atoms with E-state index in [1.807, 2.05) is 0 Å². The van der Waals surface area contributed by atoms with E-state index in [1.165, 1.54) is 0 Å². The van der Waals surface area contributed by atoms with Crippen LogP contribution in [0.3, 0.4) is 0 Å². The Morgan fingerprint density at radius 2 is 1.57 bits per heavy atom. The number of nitrogens with two attached hydrogens (primary N) is 2. The lowest BCUT2D eigenvalue weighted by Gasteiger charge is -2.19. The molecular weight excluding hydrogens is 378 g/mol. The summed E-state index contributed by atoms with van der Waals surface area (Å²) in [5, 5.41) is 33.3. The van der Waals surface area contributed by atoms with Gasteiger partial charge in [-0.15, -0.1) is 0 Å². The predicted octanol–water partition coefficient (Wildman–Crippen LogP) is -3.92. The van der Waals surface area contributed by atoms with Gasteiger partial charge in [-0.1, -0.05) is 0 Å². The number of aliphatic hydroxyl groups excluding tert-OH is 1. The van der Waals surface area contributed by atoms with Crippen molar-refractivity contribution >= 4 is 29.7 Å². The smallest absolute Gasteiger partial charge is 0.326 e. The van der Waals surface area contributed by atoms with Crippen LogP contribution >= 0.6 is 0 Å². The Hall–Kier alpha value is -2.77. The number of aliphatic hydroxyl groups is 1. The van der Waals surface area contributed by atoms with E-state index in [1.54, 1.807) is 0 Å². The first-order valence-electron chi connectivity index (χ1n) is 8.50. The molecule has 3 amide bonds. The van der Waals surface area contributed by atoms with Gasteiger partial charge in [-0.2, -0.15) is 0 Å². The average molecular weight is 405 g/mol. The number of nitrogens with one attached hydrogen (secondary N) is 3. The summed E-state index contributed by atoms with van der Waals surface area (Å²) < 4.78 is 0. The highest BCUT2D eigenvalue weighted by Crippen LogP contribution is 2.00. The average Bonchev–Trinajstić information content (AvgIpc) is 2.62. The fraction of sp³-hybridized carbons (Fsp3) is 0.667. The normalized spacial score (nSPS) is 13.7. The van der Waals surface area contributed by atoms with Crippen molar-refractivity contribution in [2.24, 2.45) is 11.5 Å². The van der Waals surface area contributed by atoms with Crippen LogP contribution in [0.15, 0.2) is 0 Å². The molecule has 0 radical (unpaired) electrons. The summed E-state index contributed by atoms with van der Waals surface area (Å²) in [6, 6.07) is -4.02. The van der Waals surface area contributed by atoms with Crippen molar-refractivity contribution in [3.8, 4) is 0 Å². The number of hydrogen-bond acceptors (Lipinski definition) is 8. The van der Waals surface area contributed by atoms with Gasteiger partial charge in [-0.05, 0) is 25.8 Å². The second kappa shape index (κ2) is 13.4. The van der Waals surface area contributed by atoms with Gasteiger partial charge in [0, 0.05) is 0 Å². The van der Waals surface area contributed by atoms with Crippen LogP contribution in [0.1, 0.15) is 25.7 Å². The molecule has 28 heavy (non-hydrogen) atoms. The molecule has 0 saturated carbocycles. The fourth-order valence-electron chi connectivity index (χ4n) is 2.04. The number of rotatable bonds is 14. The zero-order valence-electron chi connectivity index (χ0n) is 15.2. The third kappa shape index (κ3) is 10.4. The van der Waals surface area contributed by atoms with E-state index in [9.17, 15) is 29.1 Å². The van der Waals surface area contributed by atoms with Gasteiger partial charge >= 0.3 is 11.9 Å². The summed E-state index contributed by atoms with van der Waals surface area (Å²) in [4.78, 5) is 57.1. The quantitative estimate of drug-likeness (QED) is 0.131. The number of carboxylic acids is 2. The van der Waals surface area contributed by atoms with Crippen LogP contribution in [0, 0.1) is 0 Å². The Labute approximate surface area is 160 Å². The van der Waals surface area contributed by atoms with Crippen LogP contribution in [0.4, 0.5) is 0 Å². The van der Waals surface area contributed by atoms with Crippen molar-refractivity contribution in [3.63, 3.8) is 0 Å². The van der Waals surface area contributed by atoms with Crippen LogP contribution in [0.25, 0.3) is 0 Å². The first-order valence-corrected chi connectivity index (χ1v) is 8.50. The summed E-state index contributed by atoms with van der Waals surface area (Å²) in [5.41, 5.74) is 10.7. The van der Waals surface area contributed by atoms with E-state index < -0.39 is 67.4 Å². The topological polar surface area (TPSA) is 234 Å². The molecule has 0 aromatic carbocycles. The molecule has 0 aliphatic carbocycles. The van der Waals surface area contributed by atoms with E-state index in [2.05, 4.69) is 16.0 Å². The lowest BCUT2D eigenvalue weighted by atomic mass is 10.1. The van der Waals surface area contributed by atoms with Crippen molar-refractivity contribution < 1.29 is 39.3 Å². The molecule has 0 rings (SSSR count). The highest BCUT2D eigenvalue weighted by molar-refractivity contribution is 5.93. The molecule has 160 valence electrons. The van der Waals surface area contributed by atoms with Crippen LogP contribution < -0.4 is 27.4 Å². The second-order valence-corrected chi connectivity index (χ2v) is 5.91. The molecule has 13 heteroatoms. The summed E-state index contributed by atoms with van der Waals surface area (Å²) in [5.74, 6) is -5.22. The van der Waals surface area contributed by atoms with Gasteiger partial charge in [0.05, 0.1) is 25.6 Å². The molecule has 13 nitrogen and oxygen atoms in total. The Morgan fingerprint density at radius 3 is 2.07 bits per heavy atom. The zero-order chi connectivity index (χ0) is 21.7. The van der Waals surface area contributed by atoms with Gasteiger partial charge < -0.3 is 42.7 Å². The maximum absolute atomic E-state index is 11.9. The Bertz CT molecular complexity index is 571. The Kier molecular flexibility index (Phi) is 12.1. The lowest BCUT2D eigenvalue weighted by Crippen LogP contribution is -2.55. The van der Waals surface area contributed by atoms with Gasteiger partial charge in [0.15, 0.2) is 0 Å². The zero-order valence-corrected chi connectivity index (χ0v) is 15.2. The van der Waals surface area contributed by atoms with Crippen molar-refractivity contribution in [2.75, 3.05) is 19.7 Å². The number of carbonyl (C=O) groups excluding carboxylic acids is 3. The van der Waals surface area contributed by atoms with Gasteiger partial charge in [-0.25, -0.2) is 4.79 Å². The van der Waals surface area contributed by atoms with Crippen molar-refractivity contribution in [1.29, 1.82) is 0 Å². The molecule has 10 N–H and O–H groups in total. The molecule has 0 aromatic rings. The van der Waals surface area contributed by atoms with Gasteiger partial charge in [0.2, 0.25) is 17.7 Å². The number of carbonyl (C=O) groups is 5. The maximum Gasteiger partial charge on any atom is 0.326 e. The fourth-order valence-corrected chi connectivity index (χ4v) is 2.04. The van der Waals surface area contributed by atoms with Gasteiger partial charge in [0.1, 0.15) is 12.1 Å². The number of aliphatic carboxylic acids is 2. The molecule has 3 atom stereocenters.